The third-order valence-electron chi connectivity index (χ3n) is 3.13. The minimum atomic E-state index is -0.543. The molecule has 1 heterocycles. The number of aryl methyl sites for hydroxylation is 1. The Bertz CT molecular complexity index is 664. The van der Waals surface area contributed by atoms with Crippen LogP contribution >= 0.6 is 0 Å². The first kappa shape index (κ1) is 15.6. The molecule has 1 unspecified atom stereocenters. The van der Waals surface area contributed by atoms with Gasteiger partial charge in [0.05, 0.1) is 7.11 Å². The number of hydrogen-bond donors (Lipinski definition) is 2. The number of ether oxygens (including phenoxy) is 1. The highest BCUT2D eigenvalue weighted by atomic mass is 16.5. The zero-order chi connectivity index (χ0) is 16.1. The first-order chi connectivity index (χ1) is 10.5. The third-order valence-corrected chi connectivity index (χ3v) is 3.13. The van der Waals surface area contributed by atoms with Gasteiger partial charge in [0.1, 0.15) is 11.9 Å². The van der Waals surface area contributed by atoms with Crippen LogP contribution in [0.5, 0.6) is 0 Å². The number of anilines is 1. The number of imidazole rings is 1. The van der Waals surface area contributed by atoms with Gasteiger partial charge in [0.25, 0.3) is 0 Å². The molecule has 0 fully saturated rings. The molecule has 2 N–H and O–H groups in total. The Morgan fingerprint density at radius 3 is 2.45 bits per heavy atom. The normalized spacial score (nSPS) is 11.6. The highest BCUT2D eigenvalue weighted by molar-refractivity contribution is 5.88. The van der Waals surface area contributed by atoms with Crippen molar-refractivity contribution in [3.05, 3.63) is 48.0 Å². The SMILES string of the molecule is COC(=O)NC(c1ccc(NC(C)=O)cc1)c1nccn1C. The van der Waals surface area contributed by atoms with Crippen molar-refractivity contribution >= 4 is 17.7 Å². The second-order valence-electron chi connectivity index (χ2n) is 4.77. The van der Waals surface area contributed by atoms with Crippen LogP contribution < -0.4 is 10.6 Å². The summed E-state index contributed by atoms with van der Waals surface area (Å²) in [5.74, 6) is 0.541. The van der Waals surface area contributed by atoms with E-state index in [-0.39, 0.29) is 5.91 Å². The molecule has 0 spiro atoms. The van der Waals surface area contributed by atoms with Crippen LogP contribution in [0.25, 0.3) is 0 Å². The van der Waals surface area contributed by atoms with E-state index in [1.807, 2.05) is 23.7 Å². The highest BCUT2D eigenvalue weighted by Crippen LogP contribution is 2.22. The molecular weight excluding hydrogens is 284 g/mol. The summed E-state index contributed by atoms with van der Waals surface area (Å²) in [6, 6.07) is 6.73. The Hall–Kier alpha value is -2.83. The molecule has 7 nitrogen and oxygen atoms in total. The van der Waals surface area contributed by atoms with Crippen LogP contribution in [0.3, 0.4) is 0 Å². The maximum absolute atomic E-state index is 11.6. The lowest BCUT2D eigenvalue weighted by Gasteiger charge is -2.18. The second-order valence-corrected chi connectivity index (χ2v) is 4.77. The number of alkyl carbamates (subject to hydrolysis) is 1. The van der Waals surface area contributed by atoms with E-state index < -0.39 is 12.1 Å². The zero-order valence-corrected chi connectivity index (χ0v) is 12.7. The average Bonchev–Trinajstić information content (AvgIpc) is 2.91. The predicted octanol–water partition coefficient (Wildman–Crippen LogP) is 1.82. The summed E-state index contributed by atoms with van der Waals surface area (Å²) in [6.07, 6.45) is 2.92. The third kappa shape index (κ3) is 3.63. The number of aromatic nitrogens is 2. The lowest BCUT2D eigenvalue weighted by molar-refractivity contribution is -0.114. The number of nitrogens with one attached hydrogen (secondary N) is 2. The number of methoxy groups -OCH3 is 1. The van der Waals surface area contributed by atoms with Crippen LogP contribution in [-0.4, -0.2) is 28.7 Å². The van der Waals surface area contributed by atoms with Gasteiger partial charge in [-0.05, 0) is 17.7 Å². The van der Waals surface area contributed by atoms with Crippen LogP contribution in [0.4, 0.5) is 10.5 Å². The zero-order valence-electron chi connectivity index (χ0n) is 12.7. The molecule has 0 saturated carbocycles. The molecule has 2 amide bonds. The van der Waals surface area contributed by atoms with Crippen molar-refractivity contribution in [1.82, 2.24) is 14.9 Å². The molecule has 0 aliphatic rings. The van der Waals surface area contributed by atoms with E-state index in [4.69, 9.17) is 0 Å². The van der Waals surface area contributed by atoms with Gasteiger partial charge in [-0.15, -0.1) is 0 Å². The predicted molar refractivity (Wildman–Crippen MR) is 81.3 cm³/mol. The van der Waals surface area contributed by atoms with Crippen molar-refractivity contribution in [3.8, 4) is 0 Å². The van der Waals surface area contributed by atoms with E-state index in [1.54, 1.807) is 24.5 Å². The van der Waals surface area contributed by atoms with Gasteiger partial charge in [-0.1, -0.05) is 12.1 Å². The second kappa shape index (κ2) is 6.75. The summed E-state index contributed by atoms with van der Waals surface area (Å²) >= 11 is 0. The van der Waals surface area contributed by atoms with Crippen molar-refractivity contribution in [3.63, 3.8) is 0 Å². The molecule has 1 aromatic carbocycles. The summed E-state index contributed by atoms with van der Waals surface area (Å²) in [7, 11) is 3.16. The topological polar surface area (TPSA) is 85.2 Å². The van der Waals surface area contributed by atoms with E-state index in [9.17, 15) is 9.59 Å². The molecule has 0 bridgehead atoms. The number of carbonyl (C=O) groups is 2. The van der Waals surface area contributed by atoms with Gasteiger partial charge in [-0.3, -0.25) is 4.79 Å². The molecular formula is C15H18N4O3. The van der Waals surface area contributed by atoms with Crippen LogP contribution in [-0.2, 0) is 16.6 Å². The Morgan fingerprint density at radius 1 is 1.27 bits per heavy atom. The van der Waals surface area contributed by atoms with E-state index in [0.717, 1.165) is 5.56 Å². The van der Waals surface area contributed by atoms with E-state index in [1.165, 1.54) is 14.0 Å². The smallest absolute Gasteiger partial charge is 0.407 e. The quantitative estimate of drug-likeness (QED) is 0.902. The maximum Gasteiger partial charge on any atom is 0.407 e. The van der Waals surface area contributed by atoms with E-state index >= 15 is 0 Å². The Balaban J connectivity index is 2.30. The van der Waals surface area contributed by atoms with Gasteiger partial charge in [0.2, 0.25) is 5.91 Å². The molecule has 2 aromatic rings. The molecule has 0 saturated heterocycles. The van der Waals surface area contributed by atoms with Gasteiger partial charge in [0.15, 0.2) is 0 Å². The molecule has 22 heavy (non-hydrogen) atoms. The molecule has 2 rings (SSSR count). The van der Waals surface area contributed by atoms with E-state index in [0.29, 0.717) is 11.5 Å². The largest absolute Gasteiger partial charge is 0.453 e. The Morgan fingerprint density at radius 2 is 1.95 bits per heavy atom. The van der Waals surface area contributed by atoms with E-state index in [2.05, 4.69) is 20.4 Å². The average molecular weight is 302 g/mol. The minimum Gasteiger partial charge on any atom is -0.453 e. The fraction of sp³-hybridized carbons (Fsp3) is 0.267. The van der Waals surface area contributed by atoms with Crippen molar-refractivity contribution < 1.29 is 14.3 Å². The lowest BCUT2D eigenvalue weighted by Crippen LogP contribution is -2.30. The molecule has 7 heteroatoms. The summed E-state index contributed by atoms with van der Waals surface area (Å²) in [5.41, 5.74) is 1.52. The molecule has 1 aromatic heterocycles. The number of amides is 2. The summed E-state index contributed by atoms with van der Waals surface area (Å²) in [5, 5.41) is 5.45. The molecule has 0 aliphatic carbocycles. The van der Waals surface area contributed by atoms with Crippen molar-refractivity contribution in [1.29, 1.82) is 0 Å². The fourth-order valence-electron chi connectivity index (χ4n) is 2.09. The van der Waals surface area contributed by atoms with Crippen molar-refractivity contribution in [2.24, 2.45) is 7.05 Å². The molecule has 1 atom stereocenters. The maximum atomic E-state index is 11.6. The number of nitrogens with zero attached hydrogens (tertiary/aromatic N) is 2. The lowest BCUT2D eigenvalue weighted by atomic mass is 10.1. The van der Waals surface area contributed by atoms with Gasteiger partial charge in [0, 0.05) is 32.1 Å². The monoisotopic (exact) mass is 302 g/mol. The molecule has 116 valence electrons. The van der Waals surface area contributed by atoms with Crippen LogP contribution in [0, 0.1) is 0 Å². The first-order valence-corrected chi connectivity index (χ1v) is 6.70. The summed E-state index contributed by atoms with van der Waals surface area (Å²) in [4.78, 5) is 26.9. The molecule has 0 radical (unpaired) electrons. The first-order valence-electron chi connectivity index (χ1n) is 6.70. The number of carbonyl (C=O) groups excluding carboxylic acids is 2. The van der Waals surface area contributed by atoms with Gasteiger partial charge >= 0.3 is 6.09 Å². The standard InChI is InChI=1S/C15H18N4O3/c1-10(20)17-12-6-4-11(5-7-12)13(18-15(21)22-3)14-16-8-9-19(14)2/h4-9,13H,1-3H3,(H,17,20)(H,18,21). The minimum absolute atomic E-state index is 0.138. The summed E-state index contributed by atoms with van der Waals surface area (Å²) < 4.78 is 6.49. The number of benzene rings is 1. The highest BCUT2D eigenvalue weighted by Gasteiger charge is 2.21. The van der Waals surface area contributed by atoms with Crippen LogP contribution in [0.15, 0.2) is 36.7 Å². The van der Waals surface area contributed by atoms with Gasteiger partial charge in [-0.2, -0.15) is 0 Å². The van der Waals surface area contributed by atoms with Crippen LogP contribution in [0.2, 0.25) is 0 Å². The number of hydrogen-bond acceptors (Lipinski definition) is 4. The fourth-order valence-corrected chi connectivity index (χ4v) is 2.09. The number of rotatable bonds is 4. The van der Waals surface area contributed by atoms with Crippen molar-refractivity contribution in [2.75, 3.05) is 12.4 Å². The Labute approximate surface area is 128 Å². The molecule has 0 aliphatic heterocycles. The summed E-state index contributed by atoms with van der Waals surface area (Å²) in [6.45, 7) is 1.45. The Kier molecular flexibility index (Phi) is 4.77. The van der Waals surface area contributed by atoms with Crippen molar-refractivity contribution in [2.45, 2.75) is 13.0 Å². The van der Waals surface area contributed by atoms with Gasteiger partial charge in [-0.25, -0.2) is 9.78 Å². The van der Waals surface area contributed by atoms with Gasteiger partial charge < -0.3 is 19.9 Å². The van der Waals surface area contributed by atoms with Crippen LogP contribution in [0.1, 0.15) is 24.4 Å².